The molecule has 0 aromatic rings. The molecule has 1 N–H and O–H groups in total. The van der Waals surface area contributed by atoms with Crippen LogP contribution >= 0.6 is 0 Å². The van der Waals surface area contributed by atoms with Crippen LogP contribution in [0.4, 0.5) is 0 Å². The van der Waals surface area contributed by atoms with Gasteiger partial charge in [0.2, 0.25) is 0 Å². The van der Waals surface area contributed by atoms with Crippen molar-refractivity contribution in [2.45, 2.75) is 52.1 Å². The van der Waals surface area contributed by atoms with Gasteiger partial charge in [0.25, 0.3) is 0 Å². The first kappa shape index (κ1) is 12.0. The van der Waals surface area contributed by atoms with Gasteiger partial charge in [-0.2, -0.15) is 0 Å². The van der Waals surface area contributed by atoms with E-state index in [1.165, 1.54) is 25.7 Å². The Hall–Kier alpha value is -0.0800. The van der Waals surface area contributed by atoms with Crippen molar-refractivity contribution in [3.63, 3.8) is 0 Å². The molecule has 0 radical (unpaired) electrons. The van der Waals surface area contributed by atoms with E-state index >= 15 is 0 Å². The van der Waals surface area contributed by atoms with Crippen LogP contribution in [0.1, 0.15) is 46.5 Å². The summed E-state index contributed by atoms with van der Waals surface area (Å²) < 4.78 is 5.73. The molecule has 1 saturated heterocycles. The van der Waals surface area contributed by atoms with E-state index in [1.807, 2.05) is 0 Å². The normalized spacial score (nSPS) is 27.4. The van der Waals surface area contributed by atoms with Crippen LogP contribution < -0.4 is 5.32 Å². The Bertz CT molecular complexity index is 148. The number of rotatable bonds is 6. The Morgan fingerprint density at radius 3 is 2.57 bits per heavy atom. The second-order valence-corrected chi connectivity index (χ2v) is 4.72. The van der Waals surface area contributed by atoms with E-state index in [0.717, 1.165) is 25.6 Å². The molecule has 0 aliphatic carbocycles. The highest BCUT2D eigenvalue weighted by Crippen LogP contribution is 2.23. The Balaban J connectivity index is 2.13. The highest BCUT2D eigenvalue weighted by Gasteiger charge is 2.29. The lowest BCUT2D eigenvalue weighted by Gasteiger charge is -2.24. The average molecular weight is 199 g/mol. The zero-order valence-corrected chi connectivity index (χ0v) is 9.94. The molecule has 1 rings (SSSR count). The Morgan fingerprint density at radius 2 is 2.07 bits per heavy atom. The SMILES string of the molecule is CCC(CC)CNCC1(C)CCCO1. The van der Waals surface area contributed by atoms with Crippen molar-refractivity contribution >= 4 is 0 Å². The van der Waals surface area contributed by atoms with Crippen LogP contribution in [-0.2, 0) is 4.74 Å². The minimum Gasteiger partial charge on any atom is -0.374 e. The number of nitrogens with one attached hydrogen (secondary N) is 1. The fourth-order valence-corrected chi connectivity index (χ4v) is 2.09. The van der Waals surface area contributed by atoms with Gasteiger partial charge in [0.15, 0.2) is 0 Å². The summed E-state index contributed by atoms with van der Waals surface area (Å²) in [6, 6.07) is 0. The van der Waals surface area contributed by atoms with Gasteiger partial charge in [-0.15, -0.1) is 0 Å². The van der Waals surface area contributed by atoms with E-state index in [9.17, 15) is 0 Å². The summed E-state index contributed by atoms with van der Waals surface area (Å²) in [5.74, 6) is 0.833. The molecule has 0 saturated carbocycles. The zero-order valence-electron chi connectivity index (χ0n) is 9.94. The molecule has 1 aliphatic heterocycles. The summed E-state index contributed by atoms with van der Waals surface area (Å²) in [5.41, 5.74) is 0.117. The maximum absolute atomic E-state index is 5.73. The predicted octanol–water partition coefficient (Wildman–Crippen LogP) is 2.58. The molecule has 2 nitrogen and oxygen atoms in total. The van der Waals surface area contributed by atoms with E-state index in [-0.39, 0.29) is 5.60 Å². The molecular formula is C12H25NO. The first-order valence-corrected chi connectivity index (χ1v) is 6.05. The third kappa shape index (κ3) is 3.58. The van der Waals surface area contributed by atoms with Crippen LogP contribution in [0.2, 0.25) is 0 Å². The zero-order chi connectivity index (χ0) is 10.4. The quantitative estimate of drug-likeness (QED) is 0.710. The number of hydrogen-bond acceptors (Lipinski definition) is 2. The van der Waals surface area contributed by atoms with Crippen molar-refractivity contribution in [3.8, 4) is 0 Å². The molecule has 0 amide bonds. The Morgan fingerprint density at radius 1 is 1.36 bits per heavy atom. The number of ether oxygens (including phenoxy) is 1. The summed E-state index contributed by atoms with van der Waals surface area (Å²) in [5, 5.41) is 3.54. The summed E-state index contributed by atoms with van der Waals surface area (Å²) in [4.78, 5) is 0. The van der Waals surface area contributed by atoms with Crippen molar-refractivity contribution < 1.29 is 4.74 Å². The van der Waals surface area contributed by atoms with Gasteiger partial charge >= 0.3 is 0 Å². The number of hydrogen-bond donors (Lipinski definition) is 1. The average Bonchev–Trinajstić information content (AvgIpc) is 2.60. The highest BCUT2D eigenvalue weighted by molar-refractivity contribution is 4.82. The molecule has 2 heteroatoms. The summed E-state index contributed by atoms with van der Waals surface area (Å²) in [6.07, 6.45) is 4.99. The minimum atomic E-state index is 0.117. The van der Waals surface area contributed by atoms with Crippen LogP contribution in [0.15, 0.2) is 0 Å². The standard InChI is InChI=1S/C12H25NO/c1-4-11(5-2)9-13-10-12(3)7-6-8-14-12/h11,13H,4-10H2,1-3H3. The first-order valence-electron chi connectivity index (χ1n) is 6.05. The highest BCUT2D eigenvalue weighted by atomic mass is 16.5. The first-order chi connectivity index (χ1) is 6.70. The maximum Gasteiger partial charge on any atom is 0.0779 e. The third-order valence-corrected chi connectivity index (χ3v) is 3.39. The van der Waals surface area contributed by atoms with Crippen molar-refractivity contribution in [1.82, 2.24) is 5.32 Å². The molecule has 0 spiro atoms. The van der Waals surface area contributed by atoms with Crippen molar-refractivity contribution in [1.29, 1.82) is 0 Å². The van der Waals surface area contributed by atoms with Gasteiger partial charge in [-0.1, -0.05) is 26.7 Å². The van der Waals surface area contributed by atoms with Gasteiger partial charge < -0.3 is 10.1 Å². The molecule has 1 unspecified atom stereocenters. The van der Waals surface area contributed by atoms with Crippen LogP contribution in [0.25, 0.3) is 0 Å². The molecule has 0 aromatic heterocycles. The molecule has 1 heterocycles. The van der Waals surface area contributed by atoms with Gasteiger partial charge in [-0.25, -0.2) is 0 Å². The van der Waals surface area contributed by atoms with Crippen LogP contribution in [0.3, 0.4) is 0 Å². The van der Waals surface area contributed by atoms with Crippen LogP contribution in [-0.4, -0.2) is 25.3 Å². The van der Waals surface area contributed by atoms with E-state index in [2.05, 4.69) is 26.1 Å². The van der Waals surface area contributed by atoms with Crippen molar-refractivity contribution in [3.05, 3.63) is 0 Å². The van der Waals surface area contributed by atoms with E-state index < -0.39 is 0 Å². The van der Waals surface area contributed by atoms with E-state index in [4.69, 9.17) is 4.74 Å². The fraction of sp³-hybridized carbons (Fsp3) is 1.00. The summed E-state index contributed by atoms with van der Waals surface area (Å²) in [6.45, 7) is 9.87. The van der Waals surface area contributed by atoms with Gasteiger partial charge in [0.1, 0.15) is 0 Å². The molecule has 1 aliphatic rings. The maximum atomic E-state index is 5.73. The summed E-state index contributed by atoms with van der Waals surface area (Å²) >= 11 is 0. The summed E-state index contributed by atoms with van der Waals surface area (Å²) in [7, 11) is 0. The van der Waals surface area contributed by atoms with Crippen molar-refractivity contribution in [2.24, 2.45) is 5.92 Å². The second-order valence-electron chi connectivity index (χ2n) is 4.72. The molecule has 0 aromatic carbocycles. The smallest absolute Gasteiger partial charge is 0.0779 e. The molecule has 14 heavy (non-hydrogen) atoms. The predicted molar refractivity (Wildman–Crippen MR) is 60.5 cm³/mol. The topological polar surface area (TPSA) is 21.3 Å². The fourth-order valence-electron chi connectivity index (χ4n) is 2.09. The van der Waals surface area contributed by atoms with Crippen LogP contribution in [0, 0.1) is 5.92 Å². The minimum absolute atomic E-state index is 0.117. The molecule has 84 valence electrons. The monoisotopic (exact) mass is 199 g/mol. The van der Waals surface area contributed by atoms with Gasteiger partial charge in [0.05, 0.1) is 5.60 Å². The third-order valence-electron chi connectivity index (χ3n) is 3.39. The van der Waals surface area contributed by atoms with E-state index in [0.29, 0.717) is 0 Å². The Kier molecular flexibility index (Phi) is 4.90. The lowest BCUT2D eigenvalue weighted by atomic mass is 10.0. The van der Waals surface area contributed by atoms with Gasteiger partial charge in [-0.3, -0.25) is 0 Å². The molecule has 1 fully saturated rings. The van der Waals surface area contributed by atoms with Gasteiger partial charge in [-0.05, 0) is 32.2 Å². The second kappa shape index (κ2) is 5.72. The molecule has 1 atom stereocenters. The largest absolute Gasteiger partial charge is 0.374 e. The molecule has 0 bridgehead atoms. The van der Waals surface area contributed by atoms with E-state index in [1.54, 1.807) is 0 Å². The van der Waals surface area contributed by atoms with Gasteiger partial charge in [0, 0.05) is 13.2 Å². The van der Waals surface area contributed by atoms with Crippen LogP contribution in [0.5, 0.6) is 0 Å². The van der Waals surface area contributed by atoms with Crippen molar-refractivity contribution in [2.75, 3.05) is 19.7 Å². The Labute approximate surface area is 88.4 Å². The molecular weight excluding hydrogens is 174 g/mol. The lowest BCUT2D eigenvalue weighted by molar-refractivity contribution is 0.0202. The lowest BCUT2D eigenvalue weighted by Crippen LogP contribution is -2.39.